The van der Waals surface area contributed by atoms with Crippen molar-refractivity contribution < 1.29 is 4.79 Å². The minimum atomic E-state index is -0.0903. The molecule has 3 heterocycles. The zero-order valence-electron chi connectivity index (χ0n) is 16.3. The van der Waals surface area contributed by atoms with Crippen LogP contribution in [0.2, 0.25) is 0 Å². The maximum absolute atomic E-state index is 13.2. The highest BCUT2D eigenvalue weighted by atomic mass is 32.1. The molecule has 1 saturated heterocycles. The van der Waals surface area contributed by atoms with Crippen molar-refractivity contribution in [2.24, 2.45) is 5.92 Å². The van der Waals surface area contributed by atoms with Crippen molar-refractivity contribution in [3.05, 3.63) is 26.6 Å². The number of hydrogen-bond donors (Lipinski definition) is 0. The summed E-state index contributed by atoms with van der Waals surface area (Å²) in [6, 6.07) is 0. The predicted octanol–water partition coefficient (Wildman–Crippen LogP) is 2.39. The molecule has 0 aliphatic carbocycles. The van der Waals surface area contributed by atoms with Crippen LogP contribution < -0.4 is 5.56 Å². The zero-order valence-corrected chi connectivity index (χ0v) is 17.2. The summed E-state index contributed by atoms with van der Waals surface area (Å²) in [6.45, 7) is 8.37. The summed E-state index contributed by atoms with van der Waals surface area (Å²) in [5.41, 5.74) is 0.888. The first-order valence-electron chi connectivity index (χ1n) is 9.19. The summed E-state index contributed by atoms with van der Waals surface area (Å²) in [7, 11) is 3.89. The number of aromatic nitrogens is 2. The van der Waals surface area contributed by atoms with Gasteiger partial charge in [-0.1, -0.05) is 6.92 Å². The Balaban J connectivity index is 1.99. The standard InChI is InChI=1S/C19H28N4O2S/c1-12-6-8-22(9-7-12)16(24)11-23-15(10-21(4)5)20-18-17(19(23)25)13(2)14(3)26-18/h12H,6-11H2,1-5H3. The molecule has 0 unspecified atom stereocenters. The van der Waals surface area contributed by atoms with Gasteiger partial charge in [-0.3, -0.25) is 14.2 Å². The summed E-state index contributed by atoms with van der Waals surface area (Å²) in [6.07, 6.45) is 2.07. The van der Waals surface area contributed by atoms with Gasteiger partial charge in [0.1, 0.15) is 17.2 Å². The Morgan fingerprint density at radius 1 is 1.27 bits per heavy atom. The van der Waals surface area contributed by atoms with Gasteiger partial charge in [-0.2, -0.15) is 0 Å². The molecule has 142 valence electrons. The summed E-state index contributed by atoms with van der Waals surface area (Å²) < 4.78 is 1.59. The molecule has 7 heteroatoms. The third kappa shape index (κ3) is 3.69. The van der Waals surface area contributed by atoms with Gasteiger partial charge in [0.15, 0.2) is 0 Å². The van der Waals surface area contributed by atoms with Crippen LogP contribution in [0.15, 0.2) is 4.79 Å². The number of aryl methyl sites for hydroxylation is 2. The Hall–Kier alpha value is -1.73. The lowest BCUT2D eigenvalue weighted by Gasteiger charge is -2.30. The molecule has 0 N–H and O–H groups in total. The molecule has 2 aromatic heterocycles. The molecule has 0 atom stereocenters. The van der Waals surface area contributed by atoms with E-state index in [1.165, 1.54) is 0 Å². The van der Waals surface area contributed by atoms with Gasteiger partial charge >= 0.3 is 0 Å². The first-order valence-corrected chi connectivity index (χ1v) is 10.0. The lowest BCUT2D eigenvalue weighted by atomic mass is 9.99. The fraction of sp³-hybridized carbons (Fsp3) is 0.632. The van der Waals surface area contributed by atoms with Gasteiger partial charge < -0.3 is 9.80 Å². The van der Waals surface area contributed by atoms with Crippen LogP contribution in [0.4, 0.5) is 0 Å². The average Bonchev–Trinajstić information content (AvgIpc) is 2.85. The fourth-order valence-corrected chi connectivity index (χ4v) is 4.47. The largest absolute Gasteiger partial charge is 0.341 e. The molecule has 0 bridgehead atoms. The Bertz CT molecular complexity index is 876. The van der Waals surface area contributed by atoms with E-state index in [0.29, 0.717) is 23.7 Å². The molecule has 1 aliphatic heterocycles. The minimum Gasteiger partial charge on any atom is -0.341 e. The molecule has 1 fully saturated rings. The van der Waals surface area contributed by atoms with Crippen LogP contribution in [-0.2, 0) is 17.9 Å². The van der Waals surface area contributed by atoms with Crippen LogP contribution in [0.3, 0.4) is 0 Å². The molecule has 26 heavy (non-hydrogen) atoms. The van der Waals surface area contributed by atoms with Gasteiger partial charge in [0.2, 0.25) is 5.91 Å². The molecule has 6 nitrogen and oxygen atoms in total. The number of rotatable bonds is 4. The summed E-state index contributed by atoms with van der Waals surface area (Å²) in [4.78, 5) is 36.5. The minimum absolute atomic E-state index is 0.0183. The zero-order chi connectivity index (χ0) is 19.0. The van der Waals surface area contributed by atoms with Crippen LogP contribution in [0, 0.1) is 19.8 Å². The molecular formula is C19H28N4O2S. The van der Waals surface area contributed by atoms with E-state index in [4.69, 9.17) is 4.98 Å². The number of nitrogens with zero attached hydrogens (tertiary/aromatic N) is 4. The van der Waals surface area contributed by atoms with E-state index < -0.39 is 0 Å². The Morgan fingerprint density at radius 3 is 2.54 bits per heavy atom. The van der Waals surface area contributed by atoms with E-state index in [0.717, 1.165) is 41.2 Å². The molecule has 0 radical (unpaired) electrons. The third-order valence-electron chi connectivity index (χ3n) is 5.26. The SMILES string of the molecule is Cc1sc2nc(CN(C)C)n(CC(=O)N3CCC(C)CC3)c(=O)c2c1C. The van der Waals surface area contributed by atoms with Crippen molar-refractivity contribution in [2.45, 2.75) is 46.7 Å². The van der Waals surface area contributed by atoms with E-state index in [9.17, 15) is 9.59 Å². The van der Waals surface area contributed by atoms with Crippen LogP contribution in [-0.4, -0.2) is 52.4 Å². The summed E-state index contributed by atoms with van der Waals surface area (Å²) in [5, 5.41) is 0.662. The highest BCUT2D eigenvalue weighted by Gasteiger charge is 2.23. The van der Waals surface area contributed by atoms with Gasteiger partial charge in [0, 0.05) is 18.0 Å². The summed E-state index contributed by atoms with van der Waals surface area (Å²) >= 11 is 1.55. The maximum atomic E-state index is 13.2. The second-order valence-electron chi connectivity index (χ2n) is 7.68. The molecule has 1 amide bonds. The van der Waals surface area contributed by atoms with Gasteiger partial charge in [-0.25, -0.2) is 4.98 Å². The van der Waals surface area contributed by atoms with Crippen molar-refractivity contribution >= 4 is 27.5 Å². The first-order chi connectivity index (χ1) is 12.3. The van der Waals surface area contributed by atoms with Crippen LogP contribution in [0.1, 0.15) is 36.0 Å². The molecule has 3 rings (SSSR count). The molecule has 1 aliphatic rings. The number of fused-ring (bicyclic) bond motifs is 1. The summed E-state index contributed by atoms with van der Waals surface area (Å²) in [5.74, 6) is 1.35. The number of thiophene rings is 1. The van der Waals surface area contributed by atoms with Crippen molar-refractivity contribution in [1.82, 2.24) is 19.4 Å². The van der Waals surface area contributed by atoms with Crippen LogP contribution in [0.25, 0.3) is 10.2 Å². The second kappa shape index (κ2) is 7.48. The number of likely N-dealkylation sites (tertiary alicyclic amines) is 1. The third-order valence-corrected chi connectivity index (χ3v) is 6.36. The van der Waals surface area contributed by atoms with E-state index in [1.54, 1.807) is 15.9 Å². The highest BCUT2D eigenvalue weighted by molar-refractivity contribution is 7.18. The first kappa shape index (κ1) is 19.0. The molecule has 0 spiro atoms. The van der Waals surface area contributed by atoms with Crippen molar-refractivity contribution in [3.63, 3.8) is 0 Å². The van der Waals surface area contributed by atoms with Crippen LogP contribution in [0.5, 0.6) is 0 Å². The van der Waals surface area contributed by atoms with Crippen LogP contribution >= 0.6 is 11.3 Å². The topological polar surface area (TPSA) is 58.4 Å². The lowest BCUT2D eigenvalue weighted by Crippen LogP contribution is -2.42. The Labute approximate surface area is 158 Å². The van der Waals surface area contributed by atoms with Gasteiger partial charge in [-0.15, -0.1) is 11.3 Å². The van der Waals surface area contributed by atoms with E-state index in [2.05, 4.69) is 6.92 Å². The second-order valence-corrected chi connectivity index (χ2v) is 8.89. The van der Waals surface area contributed by atoms with Gasteiger partial charge in [0.05, 0.1) is 11.9 Å². The number of hydrogen-bond acceptors (Lipinski definition) is 5. The van der Waals surface area contributed by atoms with Crippen molar-refractivity contribution in [2.75, 3.05) is 27.2 Å². The molecular weight excluding hydrogens is 348 g/mol. The Kier molecular flexibility index (Phi) is 5.48. The molecule has 2 aromatic rings. The monoisotopic (exact) mass is 376 g/mol. The number of carbonyl (C=O) groups is 1. The van der Waals surface area contributed by atoms with E-state index >= 15 is 0 Å². The molecule has 0 saturated carbocycles. The molecule has 0 aromatic carbocycles. The quantitative estimate of drug-likeness (QED) is 0.822. The van der Waals surface area contributed by atoms with E-state index in [1.807, 2.05) is 37.7 Å². The maximum Gasteiger partial charge on any atom is 0.263 e. The Morgan fingerprint density at radius 2 is 1.92 bits per heavy atom. The van der Waals surface area contributed by atoms with E-state index in [-0.39, 0.29) is 18.0 Å². The average molecular weight is 377 g/mol. The predicted molar refractivity (Wildman–Crippen MR) is 106 cm³/mol. The van der Waals surface area contributed by atoms with Gasteiger partial charge in [-0.05, 0) is 52.3 Å². The fourth-order valence-electron chi connectivity index (χ4n) is 3.43. The van der Waals surface area contributed by atoms with Crippen molar-refractivity contribution in [3.8, 4) is 0 Å². The smallest absolute Gasteiger partial charge is 0.263 e. The normalized spacial score (nSPS) is 16.0. The number of carbonyl (C=O) groups excluding carboxylic acids is 1. The number of amides is 1. The van der Waals surface area contributed by atoms with Gasteiger partial charge in [0.25, 0.3) is 5.56 Å². The lowest BCUT2D eigenvalue weighted by molar-refractivity contribution is -0.133. The number of piperidine rings is 1. The van der Waals surface area contributed by atoms with Crippen molar-refractivity contribution in [1.29, 1.82) is 0 Å². The highest BCUT2D eigenvalue weighted by Crippen LogP contribution is 2.26.